The fourth-order valence-corrected chi connectivity index (χ4v) is 2.68. The summed E-state index contributed by atoms with van der Waals surface area (Å²) < 4.78 is 1.14. The van der Waals surface area contributed by atoms with Crippen LogP contribution < -0.4 is 11.0 Å². The maximum absolute atomic E-state index is 12.3. The molecule has 3 rings (SSSR count). The van der Waals surface area contributed by atoms with Gasteiger partial charge < -0.3 is 0 Å². The van der Waals surface area contributed by atoms with Gasteiger partial charge >= 0.3 is 0 Å². The van der Waals surface area contributed by atoms with E-state index in [2.05, 4.69) is 20.6 Å². The largest absolute Gasteiger partial charge is 0.292 e. The molecule has 0 spiro atoms. The van der Waals surface area contributed by atoms with Gasteiger partial charge in [0.05, 0.1) is 22.3 Å². The Hall–Kier alpha value is -2.87. The molecular formula is C15H13N5O2S. The molecule has 0 aliphatic heterocycles. The molecule has 0 saturated heterocycles. The van der Waals surface area contributed by atoms with Crippen LogP contribution in [0.5, 0.6) is 0 Å². The molecule has 0 radical (unpaired) electrons. The summed E-state index contributed by atoms with van der Waals surface area (Å²) in [5.41, 5.74) is 2.98. The number of hydrazone groups is 1. The van der Waals surface area contributed by atoms with Crippen LogP contribution in [-0.4, -0.2) is 26.9 Å². The van der Waals surface area contributed by atoms with Gasteiger partial charge in [0.15, 0.2) is 5.69 Å². The monoisotopic (exact) mass is 327 g/mol. The molecule has 0 saturated carbocycles. The number of carbonyl (C=O) groups excluding carboxylic acids is 1. The fraction of sp³-hybridized carbons (Fsp3) is 0.133. The van der Waals surface area contributed by atoms with E-state index in [-0.39, 0.29) is 11.3 Å². The van der Waals surface area contributed by atoms with Crippen molar-refractivity contribution >= 4 is 34.2 Å². The minimum absolute atomic E-state index is 0.148. The van der Waals surface area contributed by atoms with E-state index in [4.69, 9.17) is 0 Å². The Morgan fingerprint density at radius 1 is 1.35 bits per heavy atom. The second-order valence-corrected chi connectivity index (χ2v) is 5.88. The lowest BCUT2D eigenvalue weighted by molar-refractivity contribution is 0.0950. The first-order valence-electron chi connectivity index (χ1n) is 6.78. The summed E-state index contributed by atoms with van der Waals surface area (Å²) >= 11 is 1.50. The number of aryl methyl sites for hydroxylation is 2. The number of aromatic nitrogens is 3. The third-order valence-corrected chi connectivity index (χ3v) is 3.96. The zero-order valence-electron chi connectivity index (χ0n) is 12.5. The van der Waals surface area contributed by atoms with Gasteiger partial charge in [0.1, 0.15) is 0 Å². The molecule has 7 nitrogen and oxygen atoms in total. The second-order valence-electron chi connectivity index (χ2n) is 4.81. The Bertz CT molecular complexity index is 973. The minimum Gasteiger partial charge on any atom is -0.267 e. The molecule has 0 aliphatic rings. The Morgan fingerprint density at radius 2 is 2.09 bits per heavy atom. The van der Waals surface area contributed by atoms with Gasteiger partial charge in [-0.1, -0.05) is 18.2 Å². The van der Waals surface area contributed by atoms with E-state index in [9.17, 15) is 9.59 Å². The summed E-state index contributed by atoms with van der Waals surface area (Å²) in [6.07, 6.45) is 1.46. The molecule has 1 N–H and O–H groups in total. The predicted octanol–water partition coefficient (Wildman–Crippen LogP) is 1.46. The van der Waals surface area contributed by atoms with Gasteiger partial charge in [-0.3, -0.25) is 9.59 Å². The molecular weight excluding hydrogens is 314 g/mol. The van der Waals surface area contributed by atoms with Gasteiger partial charge in [0, 0.05) is 17.8 Å². The lowest BCUT2D eigenvalue weighted by Crippen LogP contribution is -2.27. The summed E-state index contributed by atoms with van der Waals surface area (Å²) in [5, 5.41) is 11.6. The zero-order valence-corrected chi connectivity index (χ0v) is 13.3. The van der Waals surface area contributed by atoms with Crippen molar-refractivity contribution in [2.75, 3.05) is 0 Å². The first-order valence-corrected chi connectivity index (χ1v) is 7.66. The smallest absolute Gasteiger partial charge is 0.267 e. The molecule has 2 heterocycles. The first-order chi connectivity index (χ1) is 11.1. The third-order valence-electron chi connectivity index (χ3n) is 3.17. The van der Waals surface area contributed by atoms with Crippen molar-refractivity contribution in [3.8, 4) is 0 Å². The van der Waals surface area contributed by atoms with Crippen LogP contribution in [0.25, 0.3) is 10.8 Å². The van der Waals surface area contributed by atoms with E-state index in [1.807, 2.05) is 12.3 Å². The molecule has 116 valence electrons. The standard InChI is InChI=1S/C15H13N5O2S/c1-9-17-10(8-23-9)7-16-18-14(21)13-11-5-3-4-6-12(11)15(22)20(2)19-13/h3-8H,1-2H3,(H,18,21)/b16-7-. The van der Waals surface area contributed by atoms with Crippen LogP contribution in [0.1, 0.15) is 21.2 Å². The topological polar surface area (TPSA) is 89.2 Å². The van der Waals surface area contributed by atoms with E-state index >= 15 is 0 Å². The molecule has 8 heteroatoms. The number of carbonyl (C=O) groups is 1. The van der Waals surface area contributed by atoms with Gasteiger partial charge in [-0.05, 0) is 13.0 Å². The van der Waals surface area contributed by atoms with Crippen molar-refractivity contribution in [2.45, 2.75) is 6.92 Å². The van der Waals surface area contributed by atoms with Crippen molar-refractivity contribution in [1.82, 2.24) is 20.2 Å². The predicted molar refractivity (Wildman–Crippen MR) is 88.9 cm³/mol. The number of rotatable bonds is 3. The van der Waals surface area contributed by atoms with Gasteiger partial charge in [-0.25, -0.2) is 15.1 Å². The van der Waals surface area contributed by atoms with Crippen molar-refractivity contribution < 1.29 is 4.79 Å². The molecule has 3 aromatic rings. The number of hydrogen-bond donors (Lipinski definition) is 1. The summed E-state index contributed by atoms with van der Waals surface area (Å²) in [6, 6.07) is 6.85. The summed E-state index contributed by atoms with van der Waals surface area (Å²) in [7, 11) is 1.51. The van der Waals surface area contributed by atoms with Crippen molar-refractivity contribution in [2.24, 2.45) is 12.1 Å². The van der Waals surface area contributed by atoms with Crippen molar-refractivity contribution in [3.63, 3.8) is 0 Å². The van der Waals surface area contributed by atoms with Crippen LogP contribution in [-0.2, 0) is 7.05 Å². The number of nitrogens with zero attached hydrogens (tertiary/aromatic N) is 4. The lowest BCUT2D eigenvalue weighted by Gasteiger charge is -2.06. The average molecular weight is 327 g/mol. The van der Waals surface area contributed by atoms with Crippen LogP contribution in [0.15, 0.2) is 39.5 Å². The van der Waals surface area contributed by atoms with Crippen LogP contribution in [0.2, 0.25) is 0 Å². The second kappa shape index (κ2) is 6.09. The quantitative estimate of drug-likeness (QED) is 0.582. The Labute approximate surface area is 135 Å². The molecule has 2 aromatic heterocycles. The van der Waals surface area contributed by atoms with Crippen LogP contribution >= 0.6 is 11.3 Å². The molecule has 0 atom stereocenters. The number of hydrogen-bond acceptors (Lipinski definition) is 6. The highest BCUT2D eigenvalue weighted by Gasteiger charge is 2.14. The molecule has 0 unspecified atom stereocenters. The molecule has 23 heavy (non-hydrogen) atoms. The van der Waals surface area contributed by atoms with E-state index in [1.54, 1.807) is 24.3 Å². The van der Waals surface area contributed by atoms with Gasteiger partial charge in [-0.15, -0.1) is 11.3 Å². The Balaban J connectivity index is 1.91. The highest BCUT2D eigenvalue weighted by atomic mass is 32.1. The number of benzene rings is 1. The normalized spacial score (nSPS) is 11.2. The highest BCUT2D eigenvalue weighted by molar-refractivity contribution is 7.09. The summed E-state index contributed by atoms with van der Waals surface area (Å²) in [5.74, 6) is -0.486. The zero-order chi connectivity index (χ0) is 16.4. The average Bonchev–Trinajstić information content (AvgIpc) is 2.96. The molecule has 1 aromatic carbocycles. The molecule has 0 aliphatic carbocycles. The van der Waals surface area contributed by atoms with Gasteiger partial charge in [0.2, 0.25) is 0 Å². The Morgan fingerprint density at radius 3 is 2.78 bits per heavy atom. The number of thiazole rings is 1. The maximum Gasteiger partial charge on any atom is 0.292 e. The van der Waals surface area contributed by atoms with Crippen LogP contribution in [0, 0.1) is 6.92 Å². The molecule has 0 bridgehead atoms. The number of nitrogens with one attached hydrogen (secondary N) is 1. The first kappa shape index (κ1) is 15.0. The van der Waals surface area contributed by atoms with Crippen molar-refractivity contribution in [3.05, 3.63) is 56.4 Å². The Kier molecular flexibility index (Phi) is 3.98. The van der Waals surface area contributed by atoms with Gasteiger partial charge in [0.25, 0.3) is 11.5 Å². The third kappa shape index (κ3) is 3.02. The van der Waals surface area contributed by atoms with Crippen molar-refractivity contribution in [1.29, 1.82) is 0 Å². The summed E-state index contributed by atoms with van der Waals surface area (Å²) in [6.45, 7) is 1.89. The van der Waals surface area contributed by atoms with E-state index in [0.29, 0.717) is 16.5 Å². The molecule has 0 fully saturated rings. The highest BCUT2D eigenvalue weighted by Crippen LogP contribution is 2.12. The number of amides is 1. The van der Waals surface area contributed by atoms with Gasteiger partial charge in [-0.2, -0.15) is 10.2 Å². The lowest BCUT2D eigenvalue weighted by atomic mass is 10.1. The van der Waals surface area contributed by atoms with Crippen LogP contribution in [0.3, 0.4) is 0 Å². The van der Waals surface area contributed by atoms with E-state index in [0.717, 1.165) is 9.69 Å². The molecule has 1 amide bonds. The summed E-state index contributed by atoms with van der Waals surface area (Å²) in [4.78, 5) is 28.5. The SMILES string of the molecule is Cc1nc(/C=N\NC(=O)c2nn(C)c(=O)c3ccccc23)cs1. The minimum atomic E-state index is -0.486. The maximum atomic E-state index is 12.3. The fourth-order valence-electron chi connectivity index (χ4n) is 2.12. The van der Waals surface area contributed by atoms with E-state index in [1.165, 1.54) is 24.6 Å². The number of fused-ring (bicyclic) bond motifs is 1. The van der Waals surface area contributed by atoms with E-state index < -0.39 is 5.91 Å². The van der Waals surface area contributed by atoms with Crippen LogP contribution in [0.4, 0.5) is 0 Å².